The number of nitrogens with zero attached hydrogens (tertiary/aromatic N) is 1. The number of hydrogen-bond donors (Lipinski definition) is 3. The number of carbonyl (C=O) groups is 1. The van der Waals surface area contributed by atoms with Crippen molar-refractivity contribution in [2.75, 3.05) is 24.3 Å². The van der Waals surface area contributed by atoms with Crippen LogP contribution in [-0.4, -0.2) is 25.1 Å². The van der Waals surface area contributed by atoms with Gasteiger partial charge in [-0.1, -0.05) is 23.2 Å². The first kappa shape index (κ1) is 18.3. The summed E-state index contributed by atoms with van der Waals surface area (Å²) >= 11 is 16.9. The third-order valence-electron chi connectivity index (χ3n) is 3.11. The van der Waals surface area contributed by atoms with Crippen LogP contribution < -0.4 is 21.1 Å². The van der Waals surface area contributed by atoms with Crippen LogP contribution in [0.3, 0.4) is 0 Å². The van der Waals surface area contributed by atoms with E-state index in [9.17, 15) is 4.79 Å². The quantitative estimate of drug-likeness (QED) is 0.558. The standard InChI is InChI=1S/C16H16Cl2N4OS/c1-22(2)12-6-3-10(4-7-12)15(23)20-21-16(24)19-11-5-8-13(17)14(18)9-11/h3-9H,1-2H3,(H,20,23)(H2,19,21,24). The Morgan fingerprint density at radius 3 is 2.25 bits per heavy atom. The second-order valence-electron chi connectivity index (χ2n) is 5.10. The lowest BCUT2D eigenvalue weighted by atomic mass is 10.2. The fourth-order valence-corrected chi connectivity index (χ4v) is 2.30. The summed E-state index contributed by atoms with van der Waals surface area (Å²) in [6.45, 7) is 0. The number of hydrazine groups is 1. The molecule has 0 aliphatic heterocycles. The van der Waals surface area contributed by atoms with Gasteiger partial charge in [-0.05, 0) is 54.7 Å². The molecular formula is C16H16Cl2N4OS. The Hall–Kier alpha value is -2.02. The molecular weight excluding hydrogens is 367 g/mol. The molecule has 0 saturated heterocycles. The van der Waals surface area contributed by atoms with Crippen molar-refractivity contribution < 1.29 is 4.79 Å². The second-order valence-corrected chi connectivity index (χ2v) is 6.33. The maximum absolute atomic E-state index is 12.1. The van der Waals surface area contributed by atoms with Crippen LogP contribution >= 0.6 is 35.4 Å². The average molecular weight is 383 g/mol. The lowest BCUT2D eigenvalue weighted by Gasteiger charge is -2.14. The van der Waals surface area contributed by atoms with Gasteiger partial charge >= 0.3 is 0 Å². The van der Waals surface area contributed by atoms with Crippen molar-refractivity contribution in [2.24, 2.45) is 0 Å². The number of benzene rings is 2. The Kier molecular flexibility index (Phi) is 6.25. The molecule has 5 nitrogen and oxygen atoms in total. The molecule has 2 aromatic carbocycles. The van der Waals surface area contributed by atoms with E-state index in [2.05, 4.69) is 16.2 Å². The van der Waals surface area contributed by atoms with Crippen molar-refractivity contribution in [3.8, 4) is 0 Å². The zero-order chi connectivity index (χ0) is 17.7. The van der Waals surface area contributed by atoms with Crippen LogP contribution in [0.15, 0.2) is 42.5 Å². The maximum Gasteiger partial charge on any atom is 0.269 e. The van der Waals surface area contributed by atoms with E-state index < -0.39 is 0 Å². The van der Waals surface area contributed by atoms with Gasteiger partial charge in [-0.25, -0.2) is 0 Å². The Morgan fingerprint density at radius 2 is 1.67 bits per heavy atom. The average Bonchev–Trinajstić information content (AvgIpc) is 2.56. The molecule has 0 aliphatic rings. The second kappa shape index (κ2) is 8.19. The number of anilines is 2. The third-order valence-corrected chi connectivity index (χ3v) is 4.06. The summed E-state index contributed by atoms with van der Waals surface area (Å²) in [4.78, 5) is 14.0. The van der Waals surface area contributed by atoms with E-state index in [0.29, 0.717) is 21.3 Å². The molecule has 126 valence electrons. The van der Waals surface area contributed by atoms with Crippen molar-refractivity contribution in [3.63, 3.8) is 0 Å². The molecule has 0 aliphatic carbocycles. The number of nitrogens with one attached hydrogen (secondary N) is 3. The lowest BCUT2D eigenvalue weighted by Crippen LogP contribution is -2.43. The number of halogens is 2. The predicted octanol–water partition coefficient (Wildman–Crippen LogP) is 3.69. The highest BCUT2D eigenvalue weighted by atomic mass is 35.5. The van der Waals surface area contributed by atoms with Crippen LogP contribution in [0.25, 0.3) is 0 Å². The van der Waals surface area contributed by atoms with Crippen molar-refractivity contribution in [1.82, 2.24) is 10.9 Å². The van der Waals surface area contributed by atoms with Gasteiger partial charge in [0.15, 0.2) is 5.11 Å². The SMILES string of the molecule is CN(C)c1ccc(C(=O)NNC(=S)Nc2ccc(Cl)c(Cl)c2)cc1. The normalized spacial score (nSPS) is 10.0. The van der Waals surface area contributed by atoms with Crippen LogP contribution in [0.2, 0.25) is 10.0 Å². The summed E-state index contributed by atoms with van der Waals surface area (Å²) in [7, 11) is 3.87. The molecule has 2 rings (SSSR count). The van der Waals surface area contributed by atoms with Crippen molar-refractivity contribution in [2.45, 2.75) is 0 Å². The molecule has 24 heavy (non-hydrogen) atoms. The number of thiocarbonyl (C=S) groups is 1. The molecule has 1 amide bonds. The summed E-state index contributed by atoms with van der Waals surface area (Å²) < 4.78 is 0. The van der Waals surface area contributed by atoms with Gasteiger partial charge in [0.2, 0.25) is 0 Å². The van der Waals surface area contributed by atoms with E-state index in [1.54, 1.807) is 30.3 Å². The smallest absolute Gasteiger partial charge is 0.269 e. The monoisotopic (exact) mass is 382 g/mol. The molecule has 0 fully saturated rings. The summed E-state index contributed by atoms with van der Waals surface area (Å²) in [5.74, 6) is -0.293. The Bertz CT molecular complexity index is 750. The molecule has 0 unspecified atom stereocenters. The highest BCUT2D eigenvalue weighted by Crippen LogP contribution is 2.24. The molecule has 0 heterocycles. The first-order valence-electron chi connectivity index (χ1n) is 6.96. The van der Waals surface area contributed by atoms with Gasteiger partial charge in [0.05, 0.1) is 10.0 Å². The Balaban J connectivity index is 1.88. The number of carbonyl (C=O) groups excluding carboxylic acids is 1. The molecule has 0 radical (unpaired) electrons. The molecule has 0 atom stereocenters. The van der Waals surface area contributed by atoms with E-state index in [-0.39, 0.29) is 11.0 Å². The third kappa shape index (κ3) is 4.99. The van der Waals surface area contributed by atoms with E-state index in [1.807, 2.05) is 31.1 Å². The van der Waals surface area contributed by atoms with Gasteiger partial charge in [-0.3, -0.25) is 15.6 Å². The molecule has 0 saturated carbocycles. The van der Waals surface area contributed by atoms with Crippen molar-refractivity contribution >= 4 is 57.8 Å². The molecule has 3 N–H and O–H groups in total. The largest absolute Gasteiger partial charge is 0.378 e. The van der Waals surface area contributed by atoms with Gasteiger partial charge < -0.3 is 10.2 Å². The van der Waals surface area contributed by atoms with Gasteiger partial charge in [-0.2, -0.15) is 0 Å². The summed E-state index contributed by atoms with van der Waals surface area (Å²) in [5.41, 5.74) is 7.35. The fourth-order valence-electron chi connectivity index (χ4n) is 1.83. The van der Waals surface area contributed by atoms with Crippen LogP contribution in [-0.2, 0) is 0 Å². The predicted molar refractivity (Wildman–Crippen MR) is 104 cm³/mol. The molecule has 2 aromatic rings. The zero-order valence-electron chi connectivity index (χ0n) is 13.1. The van der Waals surface area contributed by atoms with Crippen LogP contribution in [0.4, 0.5) is 11.4 Å². The minimum absolute atomic E-state index is 0.228. The van der Waals surface area contributed by atoms with Gasteiger partial charge in [0.1, 0.15) is 0 Å². The first-order chi connectivity index (χ1) is 11.4. The molecule has 8 heteroatoms. The van der Waals surface area contributed by atoms with E-state index >= 15 is 0 Å². The van der Waals surface area contributed by atoms with Crippen LogP contribution in [0, 0.1) is 0 Å². The Morgan fingerprint density at radius 1 is 1.00 bits per heavy atom. The molecule has 0 bridgehead atoms. The molecule has 0 aromatic heterocycles. The van der Waals surface area contributed by atoms with Crippen LogP contribution in [0.1, 0.15) is 10.4 Å². The van der Waals surface area contributed by atoms with E-state index in [0.717, 1.165) is 5.69 Å². The van der Waals surface area contributed by atoms with E-state index in [1.165, 1.54) is 0 Å². The summed E-state index contributed by atoms with van der Waals surface area (Å²) in [6.07, 6.45) is 0. The maximum atomic E-state index is 12.1. The van der Waals surface area contributed by atoms with Crippen molar-refractivity contribution in [3.05, 3.63) is 58.1 Å². The lowest BCUT2D eigenvalue weighted by molar-refractivity contribution is 0.0944. The highest BCUT2D eigenvalue weighted by Gasteiger charge is 2.07. The number of rotatable bonds is 3. The number of hydrogen-bond acceptors (Lipinski definition) is 3. The topological polar surface area (TPSA) is 56.4 Å². The Labute approximate surface area is 155 Å². The van der Waals surface area contributed by atoms with Crippen LogP contribution in [0.5, 0.6) is 0 Å². The minimum atomic E-state index is -0.293. The molecule has 0 spiro atoms. The number of amides is 1. The zero-order valence-corrected chi connectivity index (χ0v) is 15.4. The first-order valence-corrected chi connectivity index (χ1v) is 8.13. The fraction of sp³-hybridized carbons (Fsp3) is 0.125. The van der Waals surface area contributed by atoms with Gasteiger partial charge in [-0.15, -0.1) is 0 Å². The van der Waals surface area contributed by atoms with Gasteiger partial charge in [0, 0.05) is 31.0 Å². The van der Waals surface area contributed by atoms with Gasteiger partial charge in [0.25, 0.3) is 5.91 Å². The van der Waals surface area contributed by atoms with Crippen molar-refractivity contribution in [1.29, 1.82) is 0 Å². The summed E-state index contributed by atoms with van der Waals surface area (Å²) in [6, 6.07) is 12.2. The summed E-state index contributed by atoms with van der Waals surface area (Å²) in [5, 5.41) is 3.99. The highest BCUT2D eigenvalue weighted by molar-refractivity contribution is 7.80. The van der Waals surface area contributed by atoms with E-state index in [4.69, 9.17) is 35.4 Å². The minimum Gasteiger partial charge on any atom is -0.378 e.